The van der Waals surface area contributed by atoms with Crippen LogP contribution in [0.25, 0.3) is 0 Å². The van der Waals surface area contributed by atoms with Crippen molar-refractivity contribution in [1.29, 1.82) is 0 Å². The molecule has 0 aliphatic heterocycles. The molecule has 0 saturated heterocycles. The van der Waals surface area contributed by atoms with Crippen LogP contribution >= 0.6 is 23.2 Å². The van der Waals surface area contributed by atoms with E-state index in [1.807, 2.05) is 6.92 Å². The number of hydrogen-bond donors (Lipinski definition) is 3. The average molecular weight is 305 g/mol. The highest BCUT2D eigenvalue weighted by molar-refractivity contribution is 6.39. The second kappa shape index (κ2) is 6.63. The molecule has 5 nitrogen and oxygen atoms in total. The predicted molar refractivity (Wildman–Crippen MR) is 74.7 cm³/mol. The van der Waals surface area contributed by atoms with Crippen molar-refractivity contribution in [2.24, 2.45) is 0 Å². The Labute approximate surface area is 120 Å². The maximum atomic E-state index is 11.9. The highest BCUT2D eigenvalue weighted by Gasteiger charge is 2.20. The molecule has 0 bridgehead atoms. The van der Waals surface area contributed by atoms with Gasteiger partial charge in [0.2, 0.25) is 0 Å². The monoisotopic (exact) mass is 304 g/mol. The molecule has 1 aromatic rings. The van der Waals surface area contributed by atoms with Crippen molar-refractivity contribution < 1.29 is 14.7 Å². The van der Waals surface area contributed by atoms with Gasteiger partial charge < -0.3 is 16.2 Å². The van der Waals surface area contributed by atoms with E-state index in [1.165, 1.54) is 12.1 Å². The largest absolute Gasteiger partial charge is 0.480 e. The maximum Gasteiger partial charge on any atom is 0.326 e. The number of halogens is 2. The maximum absolute atomic E-state index is 11.9. The Balaban J connectivity index is 2.91. The van der Waals surface area contributed by atoms with Gasteiger partial charge in [-0.25, -0.2) is 4.79 Å². The lowest BCUT2D eigenvalue weighted by Gasteiger charge is -2.14. The molecule has 0 unspecified atom stereocenters. The van der Waals surface area contributed by atoms with E-state index in [2.05, 4.69) is 5.32 Å². The quantitative estimate of drug-likeness (QED) is 0.729. The van der Waals surface area contributed by atoms with E-state index in [-0.39, 0.29) is 21.3 Å². The summed E-state index contributed by atoms with van der Waals surface area (Å²) in [6, 6.07) is 1.76. The van der Waals surface area contributed by atoms with E-state index >= 15 is 0 Å². The number of nitrogens with one attached hydrogen (secondary N) is 1. The van der Waals surface area contributed by atoms with Gasteiger partial charge in [0.25, 0.3) is 5.91 Å². The molecule has 0 heterocycles. The van der Waals surface area contributed by atoms with Gasteiger partial charge in [-0.15, -0.1) is 0 Å². The number of benzene rings is 1. The summed E-state index contributed by atoms with van der Waals surface area (Å²) in [5.74, 6) is -1.63. The number of hydrogen-bond acceptors (Lipinski definition) is 3. The van der Waals surface area contributed by atoms with Crippen LogP contribution in [-0.2, 0) is 4.79 Å². The van der Waals surface area contributed by atoms with Crippen molar-refractivity contribution in [3.05, 3.63) is 27.7 Å². The van der Waals surface area contributed by atoms with E-state index < -0.39 is 17.9 Å². The number of carbonyl (C=O) groups excluding carboxylic acids is 1. The minimum absolute atomic E-state index is 0.153. The fraction of sp³-hybridized carbons (Fsp3) is 0.333. The fourth-order valence-corrected chi connectivity index (χ4v) is 1.99. The summed E-state index contributed by atoms with van der Waals surface area (Å²) >= 11 is 11.6. The first-order valence-electron chi connectivity index (χ1n) is 5.65. The minimum atomic E-state index is -1.08. The topological polar surface area (TPSA) is 92.4 Å². The van der Waals surface area contributed by atoms with Gasteiger partial charge in [0.1, 0.15) is 6.04 Å². The third kappa shape index (κ3) is 4.01. The first-order valence-corrected chi connectivity index (χ1v) is 6.40. The first-order chi connectivity index (χ1) is 8.86. The summed E-state index contributed by atoms with van der Waals surface area (Å²) in [6.07, 6.45) is 0.984. The number of carbonyl (C=O) groups is 2. The predicted octanol–water partition coefficient (Wildman–Crippen LogP) is 2.56. The third-order valence-corrected chi connectivity index (χ3v) is 3.15. The number of aliphatic carboxylic acids is 1. The highest BCUT2D eigenvalue weighted by atomic mass is 35.5. The van der Waals surface area contributed by atoms with Gasteiger partial charge in [-0.05, 0) is 18.6 Å². The van der Waals surface area contributed by atoms with Crippen LogP contribution in [0.1, 0.15) is 30.1 Å². The van der Waals surface area contributed by atoms with Crippen LogP contribution in [0.3, 0.4) is 0 Å². The lowest BCUT2D eigenvalue weighted by molar-refractivity contribution is -0.139. The fourth-order valence-electron chi connectivity index (χ4n) is 1.50. The Bertz CT molecular complexity index is 483. The van der Waals surface area contributed by atoms with Crippen LogP contribution in [0.2, 0.25) is 10.0 Å². The molecular formula is C12H14Cl2N2O3. The molecule has 0 spiro atoms. The number of nitrogens with two attached hydrogens (primary N) is 1. The van der Waals surface area contributed by atoms with Crippen molar-refractivity contribution in [2.45, 2.75) is 25.8 Å². The van der Waals surface area contributed by atoms with Crippen molar-refractivity contribution in [3.63, 3.8) is 0 Å². The molecule has 1 amide bonds. The van der Waals surface area contributed by atoms with E-state index in [4.69, 9.17) is 34.0 Å². The molecule has 4 N–H and O–H groups in total. The summed E-state index contributed by atoms with van der Waals surface area (Å²) < 4.78 is 0. The van der Waals surface area contributed by atoms with Crippen LogP contribution < -0.4 is 11.1 Å². The van der Waals surface area contributed by atoms with E-state index in [0.29, 0.717) is 12.8 Å². The smallest absolute Gasteiger partial charge is 0.326 e. The molecule has 1 atom stereocenters. The van der Waals surface area contributed by atoms with Crippen LogP contribution in [-0.4, -0.2) is 23.0 Å². The summed E-state index contributed by atoms with van der Waals surface area (Å²) in [5.41, 5.74) is 5.91. The molecule has 1 aromatic carbocycles. The zero-order valence-corrected chi connectivity index (χ0v) is 11.8. The van der Waals surface area contributed by atoms with Gasteiger partial charge in [0, 0.05) is 5.56 Å². The Hall–Kier alpha value is -1.46. The van der Waals surface area contributed by atoms with E-state index in [0.717, 1.165) is 0 Å². The summed E-state index contributed by atoms with van der Waals surface area (Å²) in [5, 5.41) is 11.7. The number of amides is 1. The van der Waals surface area contributed by atoms with Gasteiger partial charge in [-0.3, -0.25) is 4.79 Å². The molecule has 0 aromatic heterocycles. The Kier molecular flexibility index (Phi) is 5.44. The minimum Gasteiger partial charge on any atom is -0.480 e. The van der Waals surface area contributed by atoms with Gasteiger partial charge in [0.05, 0.1) is 15.7 Å². The van der Waals surface area contributed by atoms with Crippen LogP contribution in [0.4, 0.5) is 5.69 Å². The van der Waals surface area contributed by atoms with E-state index in [1.54, 1.807) is 0 Å². The second-order valence-corrected chi connectivity index (χ2v) is 4.82. The SMILES string of the molecule is CCC[C@H](NC(=O)c1cc(Cl)c(N)c(Cl)c1)C(=O)O. The highest BCUT2D eigenvalue weighted by Crippen LogP contribution is 2.28. The molecule has 0 radical (unpaired) electrons. The van der Waals surface area contributed by atoms with Gasteiger partial charge >= 0.3 is 5.97 Å². The average Bonchev–Trinajstić information content (AvgIpc) is 2.34. The van der Waals surface area contributed by atoms with Crippen LogP contribution in [0, 0.1) is 0 Å². The summed E-state index contributed by atoms with van der Waals surface area (Å²) in [7, 11) is 0. The zero-order chi connectivity index (χ0) is 14.6. The molecule has 7 heteroatoms. The van der Waals surface area contributed by atoms with E-state index in [9.17, 15) is 9.59 Å². The Morgan fingerprint density at radius 3 is 2.32 bits per heavy atom. The molecular weight excluding hydrogens is 291 g/mol. The molecule has 0 aliphatic carbocycles. The second-order valence-electron chi connectivity index (χ2n) is 4.01. The number of rotatable bonds is 5. The molecule has 19 heavy (non-hydrogen) atoms. The van der Waals surface area contributed by atoms with Gasteiger partial charge in [-0.2, -0.15) is 0 Å². The lowest BCUT2D eigenvalue weighted by atomic mass is 10.1. The van der Waals surface area contributed by atoms with Crippen LogP contribution in [0.15, 0.2) is 12.1 Å². The van der Waals surface area contributed by atoms with Crippen LogP contribution in [0.5, 0.6) is 0 Å². The number of nitrogen functional groups attached to an aromatic ring is 1. The van der Waals surface area contributed by atoms with Crippen molar-refractivity contribution in [2.75, 3.05) is 5.73 Å². The Morgan fingerprint density at radius 2 is 1.89 bits per heavy atom. The number of carboxylic acid groups (broad SMARTS) is 1. The number of anilines is 1. The summed E-state index contributed by atoms with van der Waals surface area (Å²) in [4.78, 5) is 22.9. The molecule has 0 aliphatic rings. The summed E-state index contributed by atoms with van der Waals surface area (Å²) in [6.45, 7) is 1.83. The molecule has 1 rings (SSSR count). The van der Waals surface area contributed by atoms with Crippen molar-refractivity contribution in [3.8, 4) is 0 Å². The standard InChI is InChI=1S/C12H14Cl2N2O3/c1-2-3-9(12(18)19)16-11(17)6-4-7(13)10(15)8(14)5-6/h4-5,9H,2-3,15H2,1H3,(H,16,17)(H,18,19)/t9-/m0/s1. The molecule has 104 valence electrons. The van der Waals surface area contributed by atoms with Gasteiger partial charge in [0.15, 0.2) is 0 Å². The van der Waals surface area contributed by atoms with Gasteiger partial charge in [-0.1, -0.05) is 36.5 Å². The number of carboxylic acids is 1. The molecule has 0 fully saturated rings. The van der Waals surface area contributed by atoms with Crippen molar-refractivity contribution >= 4 is 40.8 Å². The van der Waals surface area contributed by atoms with Crippen molar-refractivity contribution in [1.82, 2.24) is 5.32 Å². The lowest BCUT2D eigenvalue weighted by Crippen LogP contribution is -2.40. The zero-order valence-electron chi connectivity index (χ0n) is 10.2. The Morgan fingerprint density at radius 1 is 1.37 bits per heavy atom. The normalized spacial score (nSPS) is 11.9. The molecule has 0 saturated carbocycles. The first kappa shape index (κ1) is 15.6. The third-order valence-electron chi connectivity index (χ3n) is 2.52.